The Morgan fingerprint density at radius 2 is 1.53 bits per heavy atom. The monoisotopic (exact) mass is 476 g/mol. The number of aromatic nitrogens is 2. The molecule has 1 N–H and O–H groups in total. The molecule has 0 saturated heterocycles. The van der Waals surface area contributed by atoms with E-state index in [1.807, 2.05) is 78.9 Å². The Kier molecular flexibility index (Phi) is 6.58. The van der Waals surface area contributed by atoms with Crippen molar-refractivity contribution in [3.63, 3.8) is 0 Å². The number of aryl methyl sites for hydroxylation is 1. The Morgan fingerprint density at radius 1 is 0.778 bits per heavy atom. The fraction of sp³-hybridized carbons (Fsp3) is 0.100. The number of hydrogen-bond acceptors (Lipinski definition) is 5. The van der Waals surface area contributed by atoms with Crippen LogP contribution >= 0.6 is 0 Å². The van der Waals surface area contributed by atoms with E-state index in [0.717, 1.165) is 33.2 Å². The Bertz CT molecular complexity index is 1530. The largest absolute Gasteiger partial charge is 0.489 e. The molecule has 0 radical (unpaired) electrons. The minimum absolute atomic E-state index is 0.210. The van der Waals surface area contributed by atoms with Crippen molar-refractivity contribution in [1.82, 2.24) is 9.97 Å². The van der Waals surface area contributed by atoms with Gasteiger partial charge in [-0.15, -0.1) is 0 Å². The molecule has 5 rings (SSSR count). The molecule has 1 heterocycles. The maximum Gasteiger partial charge on any atom is 0.341 e. The van der Waals surface area contributed by atoms with Crippen molar-refractivity contribution in [1.29, 1.82) is 0 Å². The highest BCUT2D eigenvalue weighted by Crippen LogP contribution is 2.29. The van der Waals surface area contributed by atoms with E-state index in [1.54, 1.807) is 6.07 Å². The van der Waals surface area contributed by atoms with Gasteiger partial charge in [0.25, 0.3) is 0 Å². The molecule has 0 unspecified atom stereocenters. The van der Waals surface area contributed by atoms with Gasteiger partial charge in [0.15, 0.2) is 12.4 Å². The maximum absolute atomic E-state index is 11.0. The first-order valence-electron chi connectivity index (χ1n) is 11.6. The van der Waals surface area contributed by atoms with Crippen LogP contribution in [0.25, 0.3) is 33.4 Å². The highest BCUT2D eigenvalue weighted by atomic mass is 16.5. The Balaban J connectivity index is 1.44. The van der Waals surface area contributed by atoms with Crippen LogP contribution in [0.3, 0.4) is 0 Å². The van der Waals surface area contributed by atoms with Crippen LogP contribution in [0, 0.1) is 6.92 Å². The van der Waals surface area contributed by atoms with Gasteiger partial charge in [-0.2, -0.15) is 4.98 Å². The summed E-state index contributed by atoms with van der Waals surface area (Å²) in [4.78, 5) is 20.2. The molecule has 5 aromatic rings. The number of benzene rings is 4. The maximum atomic E-state index is 11.0. The first-order chi connectivity index (χ1) is 17.5. The second-order valence-electron chi connectivity index (χ2n) is 8.40. The molecule has 0 bridgehead atoms. The molecule has 6 nitrogen and oxygen atoms in total. The van der Waals surface area contributed by atoms with Gasteiger partial charge in [0.1, 0.15) is 12.4 Å². The highest BCUT2D eigenvalue weighted by Gasteiger charge is 2.12. The van der Waals surface area contributed by atoms with Gasteiger partial charge < -0.3 is 14.6 Å². The average Bonchev–Trinajstić information content (AvgIpc) is 2.91. The number of ether oxygens (including phenoxy) is 2. The Hall–Kier alpha value is -4.71. The SMILES string of the molecule is Cc1ccccc1COc1ccc2cc(-c3nc(OCC(=O)O)cc(-c4ccccc4)n3)ccc2c1. The lowest BCUT2D eigenvalue weighted by molar-refractivity contribution is -0.139. The van der Waals surface area contributed by atoms with Gasteiger partial charge in [-0.3, -0.25) is 0 Å². The van der Waals surface area contributed by atoms with Crippen LogP contribution in [-0.2, 0) is 11.4 Å². The quantitative estimate of drug-likeness (QED) is 0.282. The topological polar surface area (TPSA) is 81.5 Å². The molecule has 0 atom stereocenters. The molecule has 0 aliphatic heterocycles. The van der Waals surface area contributed by atoms with Gasteiger partial charge in [-0.05, 0) is 47.0 Å². The van der Waals surface area contributed by atoms with Crippen LogP contribution in [-0.4, -0.2) is 27.7 Å². The standard InChI is InChI=1S/C30H24N2O4/c1-20-7-5-6-10-25(20)18-35-26-14-13-22-15-24(12-11-23(22)16-26)30-31-27(21-8-3-2-4-9-21)17-28(32-30)36-19-29(33)34/h2-17H,18-19H2,1H3,(H,33,34). The normalized spacial score (nSPS) is 10.8. The van der Waals surface area contributed by atoms with E-state index < -0.39 is 12.6 Å². The van der Waals surface area contributed by atoms with Gasteiger partial charge in [0, 0.05) is 17.2 Å². The minimum Gasteiger partial charge on any atom is -0.489 e. The van der Waals surface area contributed by atoms with Crippen molar-refractivity contribution in [3.05, 3.63) is 108 Å². The van der Waals surface area contributed by atoms with Crippen LogP contribution in [0.5, 0.6) is 11.6 Å². The number of carboxylic acid groups (broad SMARTS) is 1. The molecular formula is C30H24N2O4. The van der Waals surface area contributed by atoms with Gasteiger partial charge in [-0.1, -0.05) is 72.8 Å². The van der Waals surface area contributed by atoms with Gasteiger partial charge in [0.05, 0.1) is 5.69 Å². The molecule has 0 aliphatic carbocycles. The summed E-state index contributed by atoms with van der Waals surface area (Å²) in [5.74, 6) is 0.396. The third-order valence-electron chi connectivity index (χ3n) is 5.84. The zero-order valence-corrected chi connectivity index (χ0v) is 19.7. The third-order valence-corrected chi connectivity index (χ3v) is 5.84. The molecule has 36 heavy (non-hydrogen) atoms. The van der Waals surface area contributed by atoms with Crippen molar-refractivity contribution in [2.75, 3.05) is 6.61 Å². The van der Waals surface area contributed by atoms with Crippen LogP contribution in [0.4, 0.5) is 0 Å². The molecule has 4 aromatic carbocycles. The van der Waals surface area contributed by atoms with Crippen molar-refractivity contribution >= 4 is 16.7 Å². The molecule has 1 aromatic heterocycles. The minimum atomic E-state index is -1.07. The van der Waals surface area contributed by atoms with E-state index in [4.69, 9.17) is 19.6 Å². The smallest absolute Gasteiger partial charge is 0.341 e. The lowest BCUT2D eigenvalue weighted by atomic mass is 10.1. The fourth-order valence-corrected chi connectivity index (χ4v) is 3.91. The van der Waals surface area contributed by atoms with E-state index in [1.165, 1.54) is 5.56 Å². The fourth-order valence-electron chi connectivity index (χ4n) is 3.91. The summed E-state index contributed by atoms with van der Waals surface area (Å²) in [5, 5.41) is 11.1. The first kappa shape index (κ1) is 23.1. The predicted molar refractivity (Wildman–Crippen MR) is 139 cm³/mol. The van der Waals surface area contributed by atoms with E-state index >= 15 is 0 Å². The second kappa shape index (κ2) is 10.3. The summed E-state index contributed by atoms with van der Waals surface area (Å²) in [6.07, 6.45) is 0. The number of aliphatic carboxylic acids is 1. The number of carboxylic acids is 1. The molecule has 0 fully saturated rings. The van der Waals surface area contributed by atoms with Crippen LogP contribution in [0.2, 0.25) is 0 Å². The van der Waals surface area contributed by atoms with Crippen molar-refractivity contribution < 1.29 is 19.4 Å². The van der Waals surface area contributed by atoms with Gasteiger partial charge in [-0.25, -0.2) is 9.78 Å². The van der Waals surface area contributed by atoms with E-state index in [-0.39, 0.29) is 5.88 Å². The zero-order chi connectivity index (χ0) is 24.9. The summed E-state index contributed by atoms with van der Waals surface area (Å²) < 4.78 is 11.4. The molecule has 178 valence electrons. The molecule has 0 spiro atoms. The summed E-state index contributed by atoms with van der Waals surface area (Å²) in [7, 11) is 0. The number of carbonyl (C=O) groups is 1. The lowest BCUT2D eigenvalue weighted by Crippen LogP contribution is -2.11. The van der Waals surface area contributed by atoms with Gasteiger partial charge in [0.2, 0.25) is 5.88 Å². The summed E-state index contributed by atoms with van der Waals surface area (Å²) in [5.41, 5.74) is 4.70. The average molecular weight is 477 g/mol. The molecule has 0 aliphatic rings. The van der Waals surface area contributed by atoms with Gasteiger partial charge >= 0.3 is 5.97 Å². The lowest BCUT2D eigenvalue weighted by Gasteiger charge is -2.11. The van der Waals surface area contributed by atoms with E-state index in [0.29, 0.717) is 18.1 Å². The summed E-state index contributed by atoms with van der Waals surface area (Å²) in [6.45, 7) is 2.11. The molecule has 0 amide bonds. The Labute approximate surface area is 208 Å². The number of fused-ring (bicyclic) bond motifs is 1. The highest BCUT2D eigenvalue weighted by molar-refractivity contribution is 5.87. The number of hydrogen-bond donors (Lipinski definition) is 1. The number of rotatable bonds is 8. The van der Waals surface area contributed by atoms with Crippen LogP contribution in [0.1, 0.15) is 11.1 Å². The van der Waals surface area contributed by atoms with Crippen molar-refractivity contribution in [2.45, 2.75) is 13.5 Å². The Morgan fingerprint density at radius 3 is 2.33 bits per heavy atom. The zero-order valence-electron chi connectivity index (χ0n) is 19.7. The second-order valence-corrected chi connectivity index (χ2v) is 8.40. The predicted octanol–water partition coefficient (Wildman–Crippen LogP) is 6.31. The van der Waals surface area contributed by atoms with Crippen LogP contribution in [0.15, 0.2) is 97.1 Å². The van der Waals surface area contributed by atoms with Crippen molar-refractivity contribution in [3.8, 4) is 34.3 Å². The van der Waals surface area contributed by atoms with Crippen molar-refractivity contribution in [2.24, 2.45) is 0 Å². The molecule has 0 saturated carbocycles. The van der Waals surface area contributed by atoms with E-state index in [9.17, 15) is 4.79 Å². The number of nitrogens with zero attached hydrogens (tertiary/aromatic N) is 2. The molecule has 6 heteroatoms. The summed E-state index contributed by atoms with van der Waals surface area (Å²) in [6, 6.07) is 31.4. The summed E-state index contributed by atoms with van der Waals surface area (Å²) >= 11 is 0. The third kappa shape index (κ3) is 5.33. The first-order valence-corrected chi connectivity index (χ1v) is 11.6. The van der Waals surface area contributed by atoms with Crippen LogP contribution < -0.4 is 9.47 Å². The van der Waals surface area contributed by atoms with E-state index in [2.05, 4.69) is 24.0 Å². The molecular weight excluding hydrogens is 452 g/mol.